The summed E-state index contributed by atoms with van der Waals surface area (Å²) in [6.07, 6.45) is 6.58. The van der Waals surface area contributed by atoms with Gasteiger partial charge in [-0.15, -0.1) is 0 Å². The molecule has 1 N–H and O–H groups in total. The van der Waals surface area contributed by atoms with Crippen molar-refractivity contribution in [1.82, 2.24) is 4.90 Å². The number of hydrogen-bond donors (Lipinski definition) is 1. The highest BCUT2D eigenvalue weighted by atomic mass is 16.5. The molecule has 1 fully saturated rings. The Morgan fingerprint density at radius 1 is 1.08 bits per heavy atom. The zero-order valence-corrected chi connectivity index (χ0v) is 16.6. The number of ether oxygens (including phenoxy) is 2. The van der Waals surface area contributed by atoms with E-state index in [4.69, 9.17) is 9.47 Å². The lowest BCUT2D eigenvalue weighted by Gasteiger charge is -2.26. The van der Waals surface area contributed by atoms with Crippen LogP contribution in [0.5, 0.6) is 5.75 Å². The standard InChI is InChI=1S/C21H34N2O3/c1-4-5-13-25-19-15-17(2)20(18(3)16-19)22-21(24)26-14-9-12-23-10-7-6-8-11-23/h15-16H,4-14H2,1-3H3,(H,22,24). The van der Waals surface area contributed by atoms with E-state index in [-0.39, 0.29) is 6.09 Å². The number of rotatable bonds is 9. The van der Waals surface area contributed by atoms with Crippen LogP contribution in [0, 0.1) is 13.8 Å². The molecule has 0 atom stereocenters. The van der Waals surface area contributed by atoms with Gasteiger partial charge in [-0.05, 0) is 75.9 Å². The van der Waals surface area contributed by atoms with Crippen molar-refractivity contribution in [1.29, 1.82) is 0 Å². The molecule has 1 heterocycles. The summed E-state index contributed by atoms with van der Waals surface area (Å²) in [5, 5.41) is 2.88. The van der Waals surface area contributed by atoms with Crippen molar-refractivity contribution >= 4 is 11.8 Å². The van der Waals surface area contributed by atoms with E-state index in [1.807, 2.05) is 26.0 Å². The Kier molecular flexibility index (Phi) is 8.75. The molecule has 1 aromatic carbocycles. The molecule has 0 unspecified atom stereocenters. The topological polar surface area (TPSA) is 50.8 Å². The highest BCUT2D eigenvalue weighted by Gasteiger charge is 2.12. The van der Waals surface area contributed by atoms with Gasteiger partial charge in [-0.25, -0.2) is 4.79 Å². The minimum Gasteiger partial charge on any atom is -0.494 e. The van der Waals surface area contributed by atoms with Gasteiger partial charge >= 0.3 is 6.09 Å². The number of carbonyl (C=O) groups excluding carboxylic acids is 1. The summed E-state index contributed by atoms with van der Waals surface area (Å²) in [6, 6.07) is 3.93. The van der Waals surface area contributed by atoms with Gasteiger partial charge in [0.25, 0.3) is 0 Å². The molecule has 1 saturated heterocycles. The van der Waals surface area contributed by atoms with Gasteiger partial charge in [0.1, 0.15) is 5.75 Å². The number of unbranched alkanes of at least 4 members (excludes halogenated alkanes) is 1. The number of amides is 1. The second-order valence-corrected chi connectivity index (χ2v) is 7.15. The largest absolute Gasteiger partial charge is 0.494 e. The van der Waals surface area contributed by atoms with E-state index >= 15 is 0 Å². The number of benzene rings is 1. The quantitative estimate of drug-likeness (QED) is 0.634. The summed E-state index contributed by atoms with van der Waals surface area (Å²) >= 11 is 0. The lowest BCUT2D eigenvalue weighted by Crippen LogP contribution is -2.31. The first kappa shape index (κ1) is 20.6. The monoisotopic (exact) mass is 362 g/mol. The Morgan fingerprint density at radius 2 is 1.77 bits per heavy atom. The molecule has 5 heteroatoms. The van der Waals surface area contributed by atoms with Gasteiger partial charge in [0.05, 0.1) is 18.9 Å². The first-order valence-electron chi connectivity index (χ1n) is 10.0. The lowest BCUT2D eigenvalue weighted by molar-refractivity contribution is 0.148. The SMILES string of the molecule is CCCCOc1cc(C)c(NC(=O)OCCCN2CCCCC2)c(C)c1. The first-order valence-corrected chi connectivity index (χ1v) is 10.0. The van der Waals surface area contributed by atoms with Crippen molar-refractivity contribution in [3.8, 4) is 5.75 Å². The van der Waals surface area contributed by atoms with Crippen molar-refractivity contribution < 1.29 is 14.3 Å². The predicted molar refractivity (Wildman–Crippen MR) is 106 cm³/mol. The van der Waals surface area contributed by atoms with Crippen molar-refractivity contribution in [3.05, 3.63) is 23.3 Å². The molecule has 5 nitrogen and oxygen atoms in total. The van der Waals surface area contributed by atoms with E-state index in [1.165, 1.54) is 32.4 Å². The van der Waals surface area contributed by atoms with Crippen LogP contribution in [0.1, 0.15) is 56.6 Å². The van der Waals surface area contributed by atoms with Gasteiger partial charge < -0.3 is 14.4 Å². The third-order valence-corrected chi connectivity index (χ3v) is 4.80. The average Bonchev–Trinajstić information content (AvgIpc) is 2.63. The van der Waals surface area contributed by atoms with Crippen molar-refractivity contribution in [2.24, 2.45) is 0 Å². The van der Waals surface area contributed by atoms with Crippen LogP contribution in [0.2, 0.25) is 0 Å². The molecule has 26 heavy (non-hydrogen) atoms. The Labute approximate surface area is 158 Å². The van der Waals surface area contributed by atoms with E-state index in [9.17, 15) is 4.79 Å². The molecule has 2 rings (SSSR count). The number of nitrogens with one attached hydrogen (secondary N) is 1. The van der Waals surface area contributed by atoms with Crippen LogP contribution in [-0.2, 0) is 4.74 Å². The predicted octanol–water partition coefficient (Wildman–Crippen LogP) is 4.91. The van der Waals surface area contributed by atoms with Gasteiger partial charge in [0.15, 0.2) is 0 Å². The van der Waals surface area contributed by atoms with Gasteiger partial charge in [-0.1, -0.05) is 19.8 Å². The lowest BCUT2D eigenvalue weighted by atomic mass is 10.1. The molecular formula is C21H34N2O3. The minimum atomic E-state index is -0.380. The van der Waals surface area contributed by atoms with Crippen LogP contribution in [0.3, 0.4) is 0 Å². The molecule has 1 aliphatic heterocycles. The molecule has 1 amide bonds. The summed E-state index contributed by atoms with van der Waals surface area (Å²) in [5.41, 5.74) is 2.79. The summed E-state index contributed by atoms with van der Waals surface area (Å²) in [4.78, 5) is 14.5. The second kappa shape index (κ2) is 11.1. The van der Waals surface area contributed by atoms with Gasteiger partial charge in [0.2, 0.25) is 0 Å². The second-order valence-electron chi connectivity index (χ2n) is 7.15. The van der Waals surface area contributed by atoms with Crippen LogP contribution < -0.4 is 10.1 Å². The van der Waals surface area contributed by atoms with Crippen LogP contribution in [-0.4, -0.2) is 43.8 Å². The molecule has 0 bridgehead atoms. The number of piperidine rings is 1. The zero-order valence-electron chi connectivity index (χ0n) is 16.6. The molecule has 0 aliphatic carbocycles. The number of carbonyl (C=O) groups is 1. The van der Waals surface area contributed by atoms with Crippen molar-refractivity contribution in [3.63, 3.8) is 0 Å². The summed E-state index contributed by atoms with van der Waals surface area (Å²) in [5.74, 6) is 0.855. The normalized spacial score (nSPS) is 14.9. The Hall–Kier alpha value is -1.75. The number of aryl methyl sites for hydroxylation is 2. The number of anilines is 1. The first-order chi connectivity index (χ1) is 12.6. The number of nitrogens with zero attached hydrogens (tertiary/aromatic N) is 1. The highest BCUT2D eigenvalue weighted by molar-refractivity contribution is 5.87. The van der Waals surface area contributed by atoms with Gasteiger partial charge in [-0.2, -0.15) is 0 Å². The molecular weight excluding hydrogens is 328 g/mol. The van der Waals surface area contributed by atoms with Crippen LogP contribution in [0.15, 0.2) is 12.1 Å². The maximum absolute atomic E-state index is 12.1. The fourth-order valence-corrected chi connectivity index (χ4v) is 3.31. The number of likely N-dealkylation sites (tertiary alicyclic amines) is 1. The van der Waals surface area contributed by atoms with E-state index in [1.54, 1.807) is 0 Å². The van der Waals surface area contributed by atoms with Crippen LogP contribution >= 0.6 is 0 Å². The molecule has 1 aliphatic rings. The smallest absolute Gasteiger partial charge is 0.411 e. The average molecular weight is 363 g/mol. The Morgan fingerprint density at radius 3 is 2.42 bits per heavy atom. The zero-order chi connectivity index (χ0) is 18.8. The van der Waals surface area contributed by atoms with Gasteiger partial charge in [0, 0.05) is 6.54 Å². The van der Waals surface area contributed by atoms with Crippen molar-refractivity contribution in [2.45, 2.75) is 59.3 Å². The summed E-state index contributed by atoms with van der Waals surface area (Å²) in [6.45, 7) is 10.6. The molecule has 0 radical (unpaired) electrons. The van der Waals surface area contributed by atoms with E-state index in [2.05, 4.69) is 17.1 Å². The molecule has 146 valence electrons. The van der Waals surface area contributed by atoms with E-state index in [0.717, 1.165) is 55.0 Å². The molecule has 0 spiro atoms. The third-order valence-electron chi connectivity index (χ3n) is 4.80. The maximum atomic E-state index is 12.1. The minimum absolute atomic E-state index is 0.380. The van der Waals surface area contributed by atoms with E-state index in [0.29, 0.717) is 6.61 Å². The molecule has 0 aromatic heterocycles. The Balaban J connectivity index is 1.75. The third kappa shape index (κ3) is 6.87. The fraction of sp³-hybridized carbons (Fsp3) is 0.667. The van der Waals surface area contributed by atoms with E-state index < -0.39 is 0 Å². The highest BCUT2D eigenvalue weighted by Crippen LogP contribution is 2.26. The summed E-state index contributed by atoms with van der Waals surface area (Å²) < 4.78 is 11.1. The Bertz CT molecular complexity index is 545. The number of hydrogen-bond acceptors (Lipinski definition) is 4. The summed E-state index contributed by atoms with van der Waals surface area (Å²) in [7, 11) is 0. The van der Waals surface area contributed by atoms with Crippen molar-refractivity contribution in [2.75, 3.05) is 38.2 Å². The van der Waals surface area contributed by atoms with Crippen LogP contribution in [0.4, 0.5) is 10.5 Å². The fourth-order valence-electron chi connectivity index (χ4n) is 3.31. The molecule has 1 aromatic rings. The van der Waals surface area contributed by atoms with Crippen LogP contribution in [0.25, 0.3) is 0 Å². The maximum Gasteiger partial charge on any atom is 0.411 e. The van der Waals surface area contributed by atoms with Gasteiger partial charge in [-0.3, -0.25) is 5.32 Å². The molecule has 0 saturated carbocycles.